The van der Waals surface area contributed by atoms with Gasteiger partial charge in [0.05, 0.1) is 28.7 Å². The Balaban J connectivity index is 1.56. The fourth-order valence-electron chi connectivity index (χ4n) is 4.77. The molecule has 0 saturated heterocycles. The molecule has 7 nitrogen and oxygen atoms in total. The van der Waals surface area contributed by atoms with Gasteiger partial charge >= 0.3 is 5.97 Å². The predicted molar refractivity (Wildman–Crippen MR) is 163 cm³/mol. The molecule has 0 fully saturated rings. The first-order chi connectivity index (χ1) is 19.9. The molecule has 9 heteroatoms. The number of hydrogen-bond donors (Lipinski definition) is 0. The van der Waals surface area contributed by atoms with Crippen molar-refractivity contribution in [1.82, 2.24) is 9.55 Å². The van der Waals surface area contributed by atoms with E-state index in [0.717, 1.165) is 22.6 Å². The number of sulfonamides is 1. The Labute approximate surface area is 245 Å². The first-order valence-corrected chi connectivity index (χ1v) is 15.2. The normalized spacial score (nSPS) is 11.5. The second-order valence-corrected chi connectivity index (χ2v) is 11.9. The summed E-state index contributed by atoms with van der Waals surface area (Å²) < 4.78 is 36.0. The molecule has 0 unspecified atom stereocenters. The van der Waals surface area contributed by atoms with Crippen LogP contribution in [0.25, 0.3) is 28.1 Å². The van der Waals surface area contributed by atoms with Gasteiger partial charge in [0.25, 0.3) is 10.0 Å². The highest BCUT2D eigenvalue weighted by Gasteiger charge is 2.26. The maximum absolute atomic E-state index is 13.9. The van der Waals surface area contributed by atoms with E-state index in [1.54, 1.807) is 12.1 Å². The average Bonchev–Trinajstić information content (AvgIpc) is 3.38. The van der Waals surface area contributed by atoms with Crippen molar-refractivity contribution >= 4 is 44.3 Å². The lowest BCUT2D eigenvalue weighted by atomic mass is 10.2. The highest BCUT2D eigenvalue weighted by atomic mass is 35.5. The minimum Gasteiger partial charge on any atom is -0.469 e. The van der Waals surface area contributed by atoms with Crippen molar-refractivity contribution in [1.29, 1.82) is 0 Å². The van der Waals surface area contributed by atoms with Crippen molar-refractivity contribution in [3.05, 3.63) is 108 Å². The molecule has 4 aromatic carbocycles. The Morgan fingerprint density at radius 1 is 0.878 bits per heavy atom. The summed E-state index contributed by atoms with van der Waals surface area (Å²) in [5, 5.41) is 0.458. The van der Waals surface area contributed by atoms with Crippen LogP contribution in [0.4, 0.5) is 5.69 Å². The lowest BCUT2D eigenvalue weighted by molar-refractivity contribution is -0.140. The van der Waals surface area contributed by atoms with Crippen LogP contribution in [0.3, 0.4) is 0 Å². The molecule has 0 aliphatic rings. The molecule has 5 aromatic rings. The van der Waals surface area contributed by atoms with Crippen molar-refractivity contribution in [2.24, 2.45) is 0 Å². The minimum absolute atomic E-state index is 0.149. The number of halogens is 1. The van der Waals surface area contributed by atoms with E-state index in [1.807, 2.05) is 78.9 Å². The summed E-state index contributed by atoms with van der Waals surface area (Å²) in [7, 11) is -2.54. The minimum atomic E-state index is -3.91. The van der Waals surface area contributed by atoms with E-state index in [4.69, 9.17) is 21.3 Å². The Hall–Kier alpha value is -4.14. The second-order valence-electron chi connectivity index (χ2n) is 9.56. The highest BCUT2D eigenvalue weighted by molar-refractivity contribution is 7.92. The monoisotopic (exact) mass is 587 g/mol. The van der Waals surface area contributed by atoms with E-state index in [1.165, 1.54) is 23.5 Å². The van der Waals surface area contributed by atoms with Gasteiger partial charge in [-0.05, 0) is 67.4 Å². The molecule has 1 heterocycles. The summed E-state index contributed by atoms with van der Waals surface area (Å²) in [5.74, 6) is 0.489. The zero-order valence-electron chi connectivity index (χ0n) is 22.6. The van der Waals surface area contributed by atoms with Crippen molar-refractivity contribution < 1.29 is 17.9 Å². The van der Waals surface area contributed by atoms with Gasteiger partial charge in [-0.25, -0.2) is 13.4 Å². The fraction of sp³-hybridized carbons (Fsp3) is 0.188. The number of fused-ring (bicyclic) bond motifs is 1. The predicted octanol–water partition coefficient (Wildman–Crippen LogP) is 7.27. The van der Waals surface area contributed by atoms with Gasteiger partial charge in [0.2, 0.25) is 0 Å². The summed E-state index contributed by atoms with van der Waals surface area (Å²) in [6.45, 7) is 0.239. The third-order valence-corrected chi connectivity index (χ3v) is 8.94. The van der Waals surface area contributed by atoms with E-state index in [9.17, 15) is 13.2 Å². The Morgan fingerprint density at radius 2 is 1.56 bits per heavy atom. The number of esters is 1. The number of benzene rings is 4. The van der Waals surface area contributed by atoms with E-state index in [0.29, 0.717) is 41.9 Å². The van der Waals surface area contributed by atoms with Crippen LogP contribution >= 0.6 is 11.6 Å². The Morgan fingerprint density at radius 3 is 2.24 bits per heavy atom. The fourth-order valence-corrected chi connectivity index (χ4v) is 6.39. The number of carbonyl (C=O) groups excluding carboxylic acids is 1. The van der Waals surface area contributed by atoms with E-state index < -0.39 is 10.0 Å². The van der Waals surface area contributed by atoms with Gasteiger partial charge in [-0.2, -0.15) is 0 Å². The number of rotatable bonds is 11. The van der Waals surface area contributed by atoms with Gasteiger partial charge in [-0.3, -0.25) is 13.7 Å². The number of nitrogens with zero attached hydrogens (tertiary/aromatic N) is 3. The Kier molecular flexibility index (Phi) is 8.71. The summed E-state index contributed by atoms with van der Waals surface area (Å²) >= 11 is 6.04. The quantitative estimate of drug-likeness (QED) is 0.120. The molecule has 0 saturated carbocycles. The number of ether oxygens (including phenoxy) is 1. The van der Waals surface area contributed by atoms with Crippen molar-refractivity contribution in [2.75, 3.05) is 18.0 Å². The average molecular weight is 588 g/mol. The van der Waals surface area contributed by atoms with Crippen molar-refractivity contribution in [3.8, 4) is 17.1 Å². The molecule has 0 bridgehead atoms. The molecule has 0 N–H and O–H groups in total. The van der Waals surface area contributed by atoms with E-state index in [2.05, 4.69) is 4.57 Å². The number of unbranched alkanes of at least 4 members (excludes halogenated alkanes) is 2. The molecule has 0 aliphatic carbocycles. The molecule has 0 spiro atoms. The van der Waals surface area contributed by atoms with E-state index >= 15 is 0 Å². The van der Waals surface area contributed by atoms with Gasteiger partial charge in [0.15, 0.2) is 0 Å². The smallest absolute Gasteiger partial charge is 0.305 e. The largest absolute Gasteiger partial charge is 0.469 e. The number of carbonyl (C=O) groups is 1. The zero-order chi connectivity index (χ0) is 28.8. The first kappa shape index (κ1) is 28.4. The lowest BCUT2D eigenvalue weighted by Gasteiger charge is -2.25. The van der Waals surface area contributed by atoms with Crippen LogP contribution in [0.15, 0.2) is 108 Å². The van der Waals surface area contributed by atoms with Gasteiger partial charge in [-0.1, -0.05) is 66.6 Å². The Bertz CT molecular complexity index is 1740. The van der Waals surface area contributed by atoms with Gasteiger partial charge in [0, 0.05) is 29.2 Å². The number of imidazole rings is 1. The number of methoxy groups -OCH3 is 1. The van der Waals surface area contributed by atoms with Crippen LogP contribution in [0.1, 0.15) is 25.7 Å². The van der Waals surface area contributed by atoms with Crippen LogP contribution in [0.5, 0.6) is 0 Å². The van der Waals surface area contributed by atoms with Gasteiger partial charge in [-0.15, -0.1) is 0 Å². The first-order valence-electron chi connectivity index (χ1n) is 13.4. The second kappa shape index (κ2) is 12.6. The summed E-state index contributed by atoms with van der Waals surface area (Å²) in [6.07, 6.45) is 2.15. The van der Waals surface area contributed by atoms with Crippen LogP contribution in [0, 0.1) is 0 Å². The third-order valence-electron chi connectivity index (χ3n) is 6.84. The van der Waals surface area contributed by atoms with Crippen LogP contribution in [-0.2, 0) is 19.6 Å². The molecule has 5 rings (SSSR count). The van der Waals surface area contributed by atoms with Gasteiger partial charge < -0.3 is 4.74 Å². The van der Waals surface area contributed by atoms with E-state index in [-0.39, 0.29) is 17.4 Å². The molecule has 1 aromatic heterocycles. The molecular formula is C32H30ClN3O4S. The highest BCUT2D eigenvalue weighted by Crippen LogP contribution is 2.33. The maximum atomic E-state index is 13.9. The molecule has 210 valence electrons. The lowest BCUT2D eigenvalue weighted by Crippen LogP contribution is -2.32. The van der Waals surface area contributed by atoms with Crippen LogP contribution in [-0.4, -0.2) is 37.6 Å². The summed E-state index contributed by atoms with van der Waals surface area (Å²) in [5.41, 5.74) is 3.95. The van der Waals surface area contributed by atoms with Crippen LogP contribution < -0.4 is 4.31 Å². The van der Waals surface area contributed by atoms with Crippen molar-refractivity contribution in [3.63, 3.8) is 0 Å². The van der Waals surface area contributed by atoms with Gasteiger partial charge in [0.1, 0.15) is 5.82 Å². The zero-order valence-corrected chi connectivity index (χ0v) is 24.2. The summed E-state index contributed by atoms with van der Waals surface area (Å²) in [4.78, 5) is 16.6. The molecule has 0 radical (unpaired) electrons. The topological polar surface area (TPSA) is 81.5 Å². The third kappa shape index (κ3) is 6.29. The molecule has 0 amide bonds. The molecule has 0 aliphatic heterocycles. The van der Waals surface area contributed by atoms with Crippen molar-refractivity contribution in [2.45, 2.75) is 30.6 Å². The molecule has 0 atom stereocenters. The summed E-state index contributed by atoms with van der Waals surface area (Å²) in [6, 6.07) is 31.6. The number of para-hydroxylation sites is 1. The van der Waals surface area contributed by atoms with Crippen LogP contribution in [0.2, 0.25) is 5.02 Å². The standard InChI is InChI=1S/C32H30ClN3O4S/c1-40-31(37)15-9-4-10-22-35(41(38,39)28-19-16-25(33)17-20-28)27-18-21-30-29(23-27)34-32(24-11-5-2-6-12-24)36(30)26-13-7-3-8-14-26/h2-3,5-8,11-14,16-21,23H,4,9-10,15,22H2,1H3. The number of aromatic nitrogens is 2. The number of anilines is 1. The maximum Gasteiger partial charge on any atom is 0.305 e. The SMILES string of the molecule is COC(=O)CCCCCN(c1ccc2c(c1)nc(-c1ccccc1)n2-c1ccccc1)S(=O)(=O)c1ccc(Cl)cc1. The molecular weight excluding hydrogens is 558 g/mol. The molecule has 41 heavy (non-hydrogen) atoms. The number of hydrogen-bond acceptors (Lipinski definition) is 5.